The molecule has 1 atom stereocenters. The quantitative estimate of drug-likeness (QED) is 0.393. The minimum absolute atomic E-state index is 0.156. The lowest BCUT2D eigenvalue weighted by Gasteiger charge is -2.30. The average Bonchev–Trinajstić information content (AvgIpc) is 3.54. The summed E-state index contributed by atoms with van der Waals surface area (Å²) in [5, 5.41) is 21.2. The number of hydrogen-bond acceptors (Lipinski definition) is 7. The number of fused-ring (bicyclic) bond motifs is 1. The van der Waals surface area contributed by atoms with Gasteiger partial charge in [-0.1, -0.05) is 29.5 Å². The van der Waals surface area contributed by atoms with Gasteiger partial charge in [0.05, 0.1) is 30.1 Å². The first-order chi connectivity index (χ1) is 18.1. The highest BCUT2D eigenvalue weighted by molar-refractivity contribution is 7.15. The molecular weight excluding hydrogens is 482 g/mol. The van der Waals surface area contributed by atoms with Crippen LogP contribution in [-0.4, -0.2) is 49.9 Å². The Morgan fingerprint density at radius 1 is 1.19 bits per heavy atom. The lowest BCUT2D eigenvalue weighted by molar-refractivity contribution is 0.102. The van der Waals surface area contributed by atoms with E-state index in [0.717, 1.165) is 47.8 Å². The highest BCUT2D eigenvalue weighted by Gasteiger charge is 2.33. The Hall–Kier alpha value is -3.87. The first kappa shape index (κ1) is 23.5. The van der Waals surface area contributed by atoms with Gasteiger partial charge in [-0.2, -0.15) is 5.26 Å². The van der Waals surface area contributed by atoms with Crippen LogP contribution in [0.5, 0.6) is 0 Å². The second-order valence-electron chi connectivity index (χ2n) is 9.83. The molecule has 0 radical (unpaired) electrons. The SMILES string of the molecule is CN(C1CC1)C1CCc2nc(NC(=O)c3cccc(Cn4cc(-c5ccc(C#N)cc5)nn4)c3)sc2C1. The summed E-state index contributed by atoms with van der Waals surface area (Å²) in [5.41, 5.74) is 4.91. The van der Waals surface area contributed by atoms with Crippen LogP contribution in [-0.2, 0) is 19.4 Å². The van der Waals surface area contributed by atoms with Crippen LogP contribution in [0.2, 0.25) is 0 Å². The van der Waals surface area contributed by atoms with Gasteiger partial charge in [0.15, 0.2) is 5.13 Å². The molecule has 0 aliphatic heterocycles. The molecular formula is C28H27N7OS. The van der Waals surface area contributed by atoms with Gasteiger partial charge in [-0.3, -0.25) is 10.1 Å². The highest BCUT2D eigenvalue weighted by atomic mass is 32.1. The normalized spacial score (nSPS) is 16.8. The zero-order valence-corrected chi connectivity index (χ0v) is 21.4. The summed E-state index contributed by atoms with van der Waals surface area (Å²) < 4.78 is 1.74. The summed E-state index contributed by atoms with van der Waals surface area (Å²) in [4.78, 5) is 21.6. The van der Waals surface area contributed by atoms with Gasteiger partial charge in [-0.05, 0) is 69.0 Å². The number of nitrogens with zero attached hydrogens (tertiary/aromatic N) is 6. The van der Waals surface area contributed by atoms with Crippen molar-refractivity contribution in [1.82, 2.24) is 24.9 Å². The van der Waals surface area contributed by atoms with Crippen molar-refractivity contribution in [2.24, 2.45) is 0 Å². The maximum absolute atomic E-state index is 13.0. The fraction of sp³-hybridized carbons (Fsp3) is 0.321. The van der Waals surface area contributed by atoms with Gasteiger partial charge in [0.2, 0.25) is 0 Å². The number of nitriles is 1. The first-order valence-electron chi connectivity index (χ1n) is 12.6. The molecule has 6 rings (SSSR count). The fourth-order valence-electron chi connectivity index (χ4n) is 4.93. The second kappa shape index (κ2) is 9.88. The molecule has 0 saturated heterocycles. The second-order valence-corrected chi connectivity index (χ2v) is 10.9. The van der Waals surface area contributed by atoms with E-state index < -0.39 is 0 Å². The van der Waals surface area contributed by atoms with Crippen molar-refractivity contribution >= 4 is 22.4 Å². The van der Waals surface area contributed by atoms with E-state index in [0.29, 0.717) is 28.8 Å². The third-order valence-electron chi connectivity index (χ3n) is 7.22. The molecule has 186 valence electrons. The van der Waals surface area contributed by atoms with Gasteiger partial charge in [0.25, 0.3) is 5.91 Å². The average molecular weight is 510 g/mol. The number of likely N-dealkylation sites (N-methyl/N-ethyl adjacent to an activating group) is 1. The Bertz CT molecular complexity index is 1480. The van der Waals surface area contributed by atoms with Gasteiger partial charge in [0, 0.05) is 28.1 Å². The zero-order chi connectivity index (χ0) is 25.4. The van der Waals surface area contributed by atoms with Crippen LogP contribution in [0.1, 0.15) is 51.3 Å². The summed E-state index contributed by atoms with van der Waals surface area (Å²) in [6, 6.07) is 18.3. The Morgan fingerprint density at radius 3 is 2.81 bits per heavy atom. The number of anilines is 1. The minimum Gasteiger partial charge on any atom is -0.300 e. The summed E-state index contributed by atoms with van der Waals surface area (Å²) >= 11 is 1.61. The molecule has 2 aromatic carbocycles. The minimum atomic E-state index is -0.156. The zero-order valence-electron chi connectivity index (χ0n) is 20.6. The van der Waals surface area contributed by atoms with E-state index in [1.54, 1.807) is 28.2 Å². The van der Waals surface area contributed by atoms with E-state index in [2.05, 4.69) is 33.6 Å². The topological polar surface area (TPSA) is 99.7 Å². The predicted octanol–water partition coefficient (Wildman–Crippen LogP) is 4.53. The molecule has 1 saturated carbocycles. The van der Waals surface area contributed by atoms with Crippen molar-refractivity contribution in [3.8, 4) is 17.3 Å². The van der Waals surface area contributed by atoms with Gasteiger partial charge >= 0.3 is 0 Å². The van der Waals surface area contributed by atoms with Crippen molar-refractivity contribution in [3.05, 3.63) is 82.0 Å². The summed E-state index contributed by atoms with van der Waals surface area (Å²) in [7, 11) is 2.25. The van der Waals surface area contributed by atoms with Crippen LogP contribution in [0, 0.1) is 11.3 Å². The number of hydrogen-bond donors (Lipinski definition) is 1. The molecule has 1 N–H and O–H groups in total. The molecule has 0 bridgehead atoms. The number of thiazole rings is 1. The largest absolute Gasteiger partial charge is 0.300 e. The predicted molar refractivity (Wildman–Crippen MR) is 142 cm³/mol. The van der Waals surface area contributed by atoms with Crippen molar-refractivity contribution in [1.29, 1.82) is 5.26 Å². The van der Waals surface area contributed by atoms with Crippen molar-refractivity contribution in [3.63, 3.8) is 0 Å². The molecule has 1 amide bonds. The number of aromatic nitrogens is 4. The molecule has 0 spiro atoms. The lowest BCUT2D eigenvalue weighted by atomic mass is 9.96. The molecule has 2 heterocycles. The fourth-order valence-corrected chi connectivity index (χ4v) is 6.00. The van der Waals surface area contributed by atoms with E-state index in [9.17, 15) is 4.79 Å². The number of rotatable bonds is 7. The van der Waals surface area contributed by atoms with E-state index >= 15 is 0 Å². The molecule has 4 aromatic rings. The highest BCUT2D eigenvalue weighted by Crippen LogP contribution is 2.35. The van der Waals surface area contributed by atoms with Gasteiger partial charge in [-0.15, -0.1) is 16.4 Å². The van der Waals surface area contributed by atoms with Gasteiger partial charge in [0.1, 0.15) is 5.69 Å². The Balaban J connectivity index is 1.10. The number of carbonyl (C=O) groups is 1. The summed E-state index contributed by atoms with van der Waals surface area (Å²) in [5.74, 6) is -0.156. The summed E-state index contributed by atoms with van der Waals surface area (Å²) in [6.45, 7) is 0.492. The van der Waals surface area contributed by atoms with Gasteiger partial charge in [-0.25, -0.2) is 9.67 Å². The maximum Gasteiger partial charge on any atom is 0.257 e. The van der Waals surface area contributed by atoms with Crippen LogP contribution in [0.3, 0.4) is 0 Å². The molecule has 2 aromatic heterocycles. The van der Waals surface area contributed by atoms with Crippen molar-refractivity contribution in [2.45, 2.75) is 50.7 Å². The first-order valence-corrected chi connectivity index (χ1v) is 13.4. The number of amides is 1. The van der Waals surface area contributed by atoms with Crippen LogP contribution in [0.15, 0.2) is 54.7 Å². The van der Waals surface area contributed by atoms with Crippen LogP contribution in [0.4, 0.5) is 5.13 Å². The Morgan fingerprint density at radius 2 is 2.03 bits per heavy atom. The molecule has 2 aliphatic rings. The lowest BCUT2D eigenvalue weighted by Crippen LogP contribution is -2.37. The smallest absolute Gasteiger partial charge is 0.257 e. The van der Waals surface area contributed by atoms with Crippen LogP contribution >= 0.6 is 11.3 Å². The molecule has 1 fully saturated rings. The molecule has 37 heavy (non-hydrogen) atoms. The van der Waals surface area contributed by atoms with Gasteiger partial charge < -0.3 is 4.90 Å². The van der Waals surface area contributed by atoms with Crippen molar-refractivity contribution < 1.29 is 4.79 Å². The van der Waals surface area contributed by atoms with Crippen molar-refractivity contribution in [2.75, 3.05) is 12.4 Å². The molecule has 9 heteroatoms. The standard InChI is InChI=1S/C28H27N7OS/c1-34(22-9-10-22)23-11-12-24-26(14-23)37-28(30-24)31-27(36)21-4-2-3-19(13-21)16-35-17-25(32-33-35)20-7-5-18(15-29)6-8-20/h2-8,13,17,22-23H,9-12,14,16H2,1H3,(H,30,31,36). The number of carbonyl (C=O) groups excluding carboxylic acids is 1. The summed E-state index contributed by atoms with van der Waals surface area (Å²) in [6.07, 6.45) is 7.63. The van der Waals surface area contributed by atoms with E-state index in [-0.39, 0.29) is 5.91 Å². The number of nitrogens with one attached hydrogen (secondary N) is 1. The molecule has 2 aliphatic carbocycles. The van der Waals surface area contributed by atoms with Crippen LogP contribution in [0.25, 0.3) is 11.3 Å². The Kier molecular flexibility index (Phi) is 6.28. The molecule has 8 nitrogen and oxygen atoms in total. The third-order valence-corrected chi connectivity index (χ3v) is 8.25. The van der Waals surface area contributed by atoms with Crippen LogP contribution < -0.4 is 5.32 Å². The monoisotopic (exact) mass is 509 g/mol. The van der Waals surface area contributed by atoms with E-state index in [4.69, 9.17) is 10.2 Å². The number of benzene rings is 2. The Labute approximate surface area is 219 Å². The van der Waals surface area contributed by atoms with E-state index in [1.807, 2.05) is 42.6 Å². The van der Waals surface area contributed by atoms with E-state index in [1.165, 1.54) is 17.7 Å². The molecule has 1 unspecified atom stereocenters. The maximum atomic E-state index is 13.0. The third kappa shape index (κ3) is 5.17. The number of aryl methyl sites for hydroxylation is 1.